The van der Waals surface area contributed by atoms with E-state index in [1.54, 1.807) is 0 Å². The van der Waals surface area contributed by atoms with Crippen LogP contribution in [0.3, 0.4) is 0 Å². The monoisotopic (exact) mass is 341 g/mol. The summed E-state index contributed by atoms with van der Waals surface area (Å²) in [5.41, 5.74) is 7.98. The summed E-state index contributed by atoms with van der Waals surface area (Å²) in [6, 6.07) is 11.8. The molecule has 124 valence electrons. The van der Waals surface area contributed by atoms with Crippen molar-refractivity contribution in [3.63, 3.8) is 0 Å². The quantitative estimate of drug-likeness (QED) is 0.506. The number of ether oxygens (including phenoxy) is 2. The molecule has 24 heavy (non-hydrogen) atoms. The Bertz CT molecular complexity index is 818. The largest absolute Gasteiger partial charge is 0.454 e. The van der Waals surface area contributed by atoms with Crippen LogP contribution >= 0.6 is 12.2 Å². The number of nitrogens with one attached hydrogen (secondary N) is 2. The fourth-order valence-corrected chi connectivity index (χ4v) is 2.51. The summed E-state index contributed by atoms with van der Waals surface area (Å²) in [6.07, 6.45) is 0. The fourth-order valence-electron chi connectivity index (χ4n) is 2.36. The maximum Gasteiger partial charge on any atom is 0.231 e. The first kappa shape index (κ1) is 16.3. The molecule has 0 radical (unpaired) electrons. The minimum atomic E-state index is 0.261. The maximum atomic E-state index is 5.38. The van der Waals surface area contributed by atoms with Crippen LogP contribution in [0.4, 0.5) is 5.69 Å². The average molecular weight is 341 g/mol. The van der Waals surface area contributed by atoms with Crippen molar-refractivity contribution in [3.05, 3.63) is 53.1 Å². The second-order valence-electron chi connectivity index (χ2n) is 5.58. The topological polar surface area (TPSA) is 54.9 Å². The molecule has 0 fully saturated rings. The van der Waals surface area contributed by atoms with Crippen molar-refractivity contribution >= 4 is 28.7 Å². The molecule has 0 saturated carbocycles. The van der Waals surface area contributed by atoms with Crippen LogP contribution in [0.2, 0.25) is 0 Å². The van der Waals surface area contributed by atoms with Gasteiger partial charge in [-0.1, -0.05) is 12.1 Å². The van der Waals surface area contributed by atoms with Crippen molar-refractivity contribution in [2.75, 3.05) is 12.1 Å². The van der Waals surface area contributed by atoms with Crippen LogP contribution in [0.15, 0.2) is 41.5 Å². The molecule has 3 rings (SSSR count). The van der Waals surface area contributed by atoms with Gasteiger partial charge in [0.1, 0.15) is 0 Å². The van der Waals surface area contributed by atoms with Crippen molar-refractivity contribution in [3.8, 4) is 11.5 Å². The van der Waals surface area contributed by atoms with Gasteiger partial charge in [0.2, 0.25) is 6.79 Å². The summed E-state index contributed by atoms with van der Waals surface area (Å²) in [5, 5.41) is 7.95. The molecular formula is C18H19N3O2S. The van der Waals surface area contributed by atoms with E-state index < -0.39 is 0 Å². The highest BCUT2D eigenvalue weighted by Crippen LogP contribution is 2.32. The number of rotatable bonds is 3. The molecule has 0 bridgehead atoms. The van der Waals surface area contributed by atoms with Gasteiger partial charge in [0.15, 0.2) is 16.6 Å². The Morgan fingerprint density at radius 3 is 2.75 bits per heavy atom. The summed E-state index contributed by atoms with van der Waals surface area (Å²) in [6.45, 7) is 6.29. The SMILES string of the molecule is C/C(=N/NC(=S)Nc1cccc(C)c1C)c1ccc2c(c1)OCO2. The molecule has 1 aliphatic rings. The average Bonchev–Trinajstić information content (AvgIpc) is 3.04. The number of fused-ring (bicyclic) bond motifs is 1. The molecular weight excluding hydrogens is 322 g/mol. The van der Waals surface area contributed by atoms with E-state index in [2.05, 4.69) is 35.8 Å². The molecule has 0 saturated heterocycles. The predicted octanol–water partition coefficient (Wildman–Crippen LogP) is 3.74. The number of hydrogen-bond donors (Lipinski definition) is 2. The van der Waals surface area contributed by atoms with Crippen LogP contribution in [0, 0.1) is 13.8 Å². The highest BCUT2D eigenvalue weighted by molar-refractivity contribution is 7.80. The van der Waals surface area contributed by atoms with Crippen LogP contribution in [0.25, 0.3) is 0 Å². The molecule has 5 nitrogen and oxygen atoms in total. The van der Waals surface area contributed by atoms with E-state index in [1.165, 1.54) is 5.56 Å². The number of thiocarbonyl (C=S) groups is 1. The smallest absolute Gasteiger partial charge is 0.231 e. The van der Waals surface area contributed by atoms with Gasteiger partial charge >= 0.3 is 0 Å². The maximum absolute atomic E-state index is 5.38. The molecule has 0 atom stereocenters. The van der Waals surface area contributed by atoms with Gasteiger partial charge in [0.25, 0.3) is 0 Å². The summed E-state index contributed by atoms with van der Waals surface area (Å²) >= 11 is 5.31. The van der Waals surface area contributed by atoms with E-state index in [4.69, 9.17) is 21.7 Å². The zero-order valence-electron chi connectivity index (χ0n) is 13.8. The number of nitrogens with zero attached hydrogens (tertiary/aromatic N) is 1. The normalized spacial score (nSPS) is 12.9. The number of aryl methyl sites for hydroxylation is 1. The molecule has 2 N–H and O–H groups in total. The number of benzene rings is 2. The van der Waals surface area contributed by atoms with Crippen LogP contribution in [0.5, 0.6) is 11.5 Å². The van der Waals surface area contributed by atoms with Crippen molar-refractivity contribution in [1.82, 2.24) is 5.43 Å². The van der Waals surface area contributed by atoms with Crippen LogP contribution in [-0.2, 0) is 0 Å². The highest BCUT2D eigenvalue weighted by Gasteiger charge is 2.14. The van der Waals surface area contributed by atoms with Crippen molar-refractivity contribution in [2.45, 2.75) is 20.8 Å². The van der Waals surface area contributed by atoms with E-state index >= 15 is 0 Å². The first-order valence-electron chi connectivity index (χ1n) is 7.62. The van der Waals surface area contributed by atoms with Crippen molar-refractivity contribution in [2.24, 2.45) is 5.10 Å². The number of hydrogen-bond acceptors (Lipinski definition) is 4. The Hall–Kier alpha value is -2.60. The summed E-state index contributed by atoms with van der Waals surface area (Å²) in [5.74, 6) is 1.49. The highest BCUT2D eigenvalue weighted by atomic mass is 32.1. The number of anilines is 1. The zero-order chi connectivity index (χ0) is 17.1. The Balaban J connectivity index is 1.66. The van der Waals surface area contributed by atoms with Gasteiger partial charge in [-0.3, -0.25) is 5.43 Å². The Morgan fingerprint density at radius 2 is 1.92 bits per heavy atom. The predicted molar refractivity (Wildman–Crippen MR) is 100 cm³/mol. The van der Waals surface area contributed by atoms with Gasteiger partial charge in [-0.05, 0) is 68.4 Å². The lowest BCUT2D eigenvalue weighted by atomic mass is 10.1. The van der Waals surface area contributed by atoms with Gasteiger partial charge in [0.05, 0.1) is 5.71 Å². The third kappa shape index (κ3) is 3.49. The molecule has 2 aromatic carbocycles. The molecule has 1 heterocycles. The fraction of sp³-hybridized carbons (Fsp3) is 0.222. The number of hydrazone groups is 1. The summed E-state index contributed by atoms with van der Waals surface area (Å²) in [7, 11) is 0. The van der Waals surface area contributed by atoms with Gasteiger partial charge < -0.3 is 14.8 Å². The Kier molecular flexibility index (Phi) is 4.66. The third-order valence-corrected chi connectivity index (χ3v) is 4.16. The standard InChI is InChI=1S/C18H19N3O2S/c1-11-5-4-6-15(12(11)2)19-18(24)21-20-13(3)14-7-8-16-17(9-14)23-10-22-16/h4-9H,10H2,1-3H3,(H2,19,21,24)/b20-13-. The molecule has 0 aliphatic carbocycles. The van der Waals surface area contributed by atoms with E-state index in [0.29, 0.717) is 5.11 Å². The van der Waals surface area contributed by atoms with E-state index in [-0.39, 0.29) is 6.79 Å². The molecule has 2 aromatic rings. The summed E-state index contributed by atoms with van der Waals surface area (Å²) in [4.78, 5) is 0. The van der Waals surface area contributed by atoms with Gasteiger partial charge in [-0.25, -0.2) is 0 Å². The van der Waals surface area contributed by atoms with Crippen molar-refractivity contribution in [1.29, 1.82) is 0 Å². The van der Waals surface area contributed by atoms with Crippen LogP contribution in [-0.4, -0.2) is 17.6 Å². The molecule has 6 heteroatoms. The minimum absolute atomic E-state index is 0.261. The van der Waals surface area contributed by atoms with E-state index in [1.807, 2.05) is 37.3 Å². The molecule has 0 spiro atoms. The second kappa shape index (κ2) is 6.88. The molecule has 1 aliphatic heterocycles. The Labute approximate surface area is 146 Å². The minimum Gasteiger partial charge on any atom is -0.454 e. The second-order valence-corrected chi connectivity index (χ2v) is 5.99. The Morgan fingerprint density at radius 1 is 1.12 bits per heavy atom. The van der Waals surface area contributed by atoms with Crippen LogP contribution < -0.4 is 20.2 Å². The summed E-state index contributed by atoms with van der Waals surface area (Å²) < 4.78 is 10.7. The lowest BCUT2D eigenvalue weighted by molar-refractivity contribution is 0.174. The van der Waals surface area contributed by atoms with Gasteiger partial charge in [0, 0.05) is 11.3 Å². The van der Waals surface area contributed by atoms with E-state index in [0.717, 1.165) is 34.0 Å². The van der Waals surface area contributed by atoms with Gasteiger partial charge in [-0.2, -0.15) is 5.10 Å². The zero-order valence-corrected chi connectivity index (χ0v) is 14.7. The lowest BCUT2D eigenvalue weighted by Gasteiger charge is -2.12. The molecule has 0 unspecified atom stereocenters. The molecule has 0 amide bonds. The first-order valence-corrected chi connectivity index (χ1v) is 8.03. The van der Waals surface area contributed by atoms with Crippen LogP contribution in [0.1, 0.15) is 23.6 Å². The van der Waals surface area contributed by atoms with Crippen molar-refractivity contribution < 1.29 is 9.47 Å². The van der Waals surface area contributed by atoms with Gasteiger partial charge in [-0.15, -0.1) is 0 Å². The van der Waals surface area contributed by atoms with E-state index in [9.17, 15) is 0 Å². The molecule has 0 aromatic heterocycles. The lowest BCUT2D eigenvalue weighted by Crippen LogP contribution is -2.25. The third-order valence-electron chi connectivity index (χ3n) is 3.97. The first-order chi connectivity index (χ1) is 11.5.